The molecule has 7 nitrogen and oxygen atoms in total. The summed E-state index contributed by atoms with van der Waals surface area (Å²) in [6, 6.07) is 8.59. The summed E-state index contributed by atoms with van der Waals surface area (Å²) in [7, 11) is 1.53. The zero-order chi connectivity index (χ0) is 22.7. The van der Waals surface area contributed by atoms with Crippen molar-refractivity contribution in [3.63, 3.8) is 0 Å². The Balaban J connectivity index is 2.07. The summed E-state index contributed by atoms with van der Waals surface area (Å²) in [6.45, 7) is 4.54. The fourth-order valence-corrected chi connectivity index (χ4v) is 3.96. The zero-order valence-electron chi connectivity index (χ0n) is 17.1. The van der Waals surface area contributed by atoms with E-state index in [9.17, 15) is 22.8 Å². The van der Waals surface area contributed by atoms with Gasteiger partial charge in [-0.25, -0.2) is 4.98 Å². The van der Waals surface area contributed by atoms with Crippen molar-refractivity contribution in [2.45, 2.75) is 32.6 Å². The fraction of sp³-hybridized carbons (Fsp3) is 0.286. The standard InChI is InChI=1S/C21H19F3N4O3/c1-10-9-15-17(16(11(10)2)13-5-7-14(31-4)8-6-13)25-19-26-18(30)20(28(15)19,21(22,23)24)27-12(3)29/h5-9H,1-4H3,(H,27,29)(H,25,26,30). The maximum atomic E-state index is 14.3. The lowest BCUT2D eigenvalue weighted by atomic mass is 9.95. The molecule has 2 N–H and O–H groups in total. The van der Waals surface area contributed by atoms with Gasteiger partial charge < -0.3 is 10.1 Å². The molecule has 10 heteroatoms. The summed E-state index contributed by atoms with van der Waals surface area (Å²) in [5.74, 6) is -2.07. The third-order valence-electron chi connectivity index (χ3n) is 5.50. The van der Waals surface area contributed by atoms with Crippen LogP contribution >= 0.6 is 0 Å². The van der Waals surface area contributed by atoms with Gasteiger partial charge in [0.1, 0.15) is 5.75 Å². The van der Waals surface area contributed by atoms with E-state index in [0.717, 1.165) is 22.6 Å². The zero-order valence-corrected chi connectivity index (χ0v) is 17.1. The summed E-state index contributed by atoms with van der Waals surface area (Å²) in [5.41, 5.74) is -0.0328. The minimum atomic E-state index is -5.11. The molecule has 4 rings (SSSR count). The number of ether oxygens (including phenoxy) is 1. The molecule has 1 unspecified atom stereocenters. The van der Waals surface area contributed by atoms with E-state index in [1.807, 2.05) is 12.2 Å². The summed E-state index contributed by atoms with van der Waals surface area (Å²) in [4.78, 5) is 28.5. The van der Waals surface area contributed by atoms with Crippen LogP contribution in [0.2, 0.25) is 0 Å². The van der Waals surface area contributed by atoms with Gasteiger partial charge >= 0.3 is 6.18 Å². The normalized spacial score (nSPS) is 18.1. The number of methoxy groups -OCH3 is 1. The van der Waals surface area contributed by atoms with Gasteiger partial charge in [0, 0.05) is 12.5 Å². The molecule has 0 aliphatic carbocycles. The molecule has 2 aromatic carbocycles. The first-order valence-corrected chi connectivity index (χ1v) is 9.35. The monoisotopic (exact) mass is 432 g/mol. The van der Waals surface area contributed by atoms with Crippen LogP contribution in [0.5, 0.6) is 5.75 Å². The minimum Gasteiger partial charge on any atom is -0.497 e. The average molecular weight is 432 g/mol. The van der Waals surface area contributed by atoms with Gasteiger partial charge in [-0.3, -0.25) is 19.5 Å². The Morgan fingerprint density at radius 1 is 1.23 bits per heavy atom. The van der Waals surface area contributed by atoms with Crippen molar-refractivity contribution in [2.75, 3.05) is 12.4 Å². The molecule has 1 atom stereocenters. The molecule has 0 bridgehead atoms. The van der Waals surface area contributed by atoms with Crippen LogP contribution in [-0.2, 0) is 15.3 Å². The lowest BCUT2D eigenvalue weighted by Gasteiger charge is -2.31. The first-order chi connectivity index (χ1) is 14.5. The third-order valence-corrected chi connectivity index (χ3v) is 5.50. The number of carbonyl (C=O) groups excluding carboxylic acids is 2. The number of hydrogen-bond acceptors (Lipinski definition) is 4. The van der Waals surface area contributed by atoms with Gasteiger partial charge in [0.15, 0.2) is 0 Å². The van der Waals surface area contributed by atoms with E-state index < -0.39 is 23.7 Å². The Labute approximate surface area is 175 Å². The van der Waals surface area contributed by atoms with Crippen LogP contribution in [0.25, 0.3) is 22.2 Å². The molecule has 1 aromatic heterocycles. The number of halogens is 3. The summed E-state index contributed by atoms with van der Waals surface area (Å²) in [6.07, 6.45) is -5.11. The van der Waals surface area contributed by atoms with Crippen molar-refractivity contribution < 1.29 is 27.5 Å². The first kappa shape index (κ1) is 20.7. The minimum absolute atomic E-state index is 0.0772. The van der Waals surface area contributed by atoms with Crippen LogP contribution in [-0.4, -0.2) is 34.7 Å². The molecule has 31 heavy (non-hydrogen) atoms. The lowest BCUT2D eigenvalue weighted by molar-refractivity contribution is -0.217. The number of hydrogen-bond donors (Lipinski definition) is 2. The van der Waals surface area contributed by atoms with Crippen molar-refractivity contribution >= 4 is 28.8 Å². The van der Waals surface area contributed by atoms with E-state index in [1.165, 1.54) is 13.2 Å². The Kier molecular flexibility index (Phi) is 4.49. The molecular formula is C21H19F3N4O3. The Morgan fingerprint density at radius 3 is 2.42 bits per heavy atom. The van der Waals surface area contributed by atoms with E-state index in [2.05, 4.69) is 10.3 Å². The summed E-state index contributed by atoms with van der Waals surface area (Å²) in [5, 5.41) is 4.00. The largest absolute Gasteiger partial charge is 0.497 e. The maximum absolute atomic E-state index is 14.3. The number of nitrogens with zero attached hydrogens (tertiary/aromatic N) is 2. The highest BCUT2D eigenvalue weighted by Crippen LogP contribution is 2.46. The van der Waals surface area contributed by atoms with Crippen LogP contribution in [0.3, 0.4) is 0 Å². The summed E-state index contributed by atoms with van der Waals surface area (Å²) < 4.78 is 48.7. The van der Waals surface area contributed by atoms with E-state index in [0.29, 0.717) is 16.9 Å². The number of benzene rings is 2. The fourth-order valence-electron chi connectivity index (χ4n) is 3.96. The van der Waals surface area contributed by atoms with Gasteiger partial charge in [0.2, 0.25) is 11.9 Å². The molecule has 2 amide bonds. The number of amides is 2. The molecular weight excluding hydrogens is 413 g/mol. The van der Waals surface area contributed by atoms with Crippen LogP contribution in [0.15, 0.2) is 30.3 Å². The Bertz CT molecular complexity index is 1230. The van der Waals surface area contributed by atoms with E-state index >= 15 is 0 Å². The Hall–Kier alpha value is -3.56. The number of anilines is 1. The molecule has 0 fully saturated rings. The topological polar surface area (TPSA) is 85.2 Å². The number of nitrogens with one attached hydrogen (secondary N) is 2. The number of fused-ring (bicyclic) bond motifs is 3. The molecule has 0 saturated carbocycles. The Morgan fingerprint density at radius 2 is 1.87 bits per heavy atom. The van der Waals surface area contributed by atoms with Crippen LogP contribution in [0, 0.1) is 13.8 Å². The van der Waals surface area contributed by atoms with Gasteiger partial charge in [-0.2, -0.15) is 13.2 Å². The van der Waals surface area contributed by atoms with Gasteiger partial charge in [-0.1, -0.05) is 12.1 Å². The van der Waals surface area contributed by atoms with Crippen molar-refractivity contribution in [3.05, 3.63) is 41.5 Å². The number of aromatic nitrogens is 2. The van der Waals surface area contributed by atoms with Crippen LogP contribution in [0.4, 0.5) is 19.1 Å². The SMILES string of the molecule is COc1ccc(-c2c(C)c(C)cc3c2nc2n3C(NC(C)=O)(C(F)(F)F)C(=O)N2)cc1. The smallest absolute Gasteiger partial charge is 0.440 e. The molecule has 3 aromatic rings. The van der Waals surface area contributed by atoms with Gasteiger partial charge in [0.25, 0.3) is 11.6 Å². The lowest BCUT2D eigenvalue weighted by Crippen LogP contribution is -2.63. The van der Waals surface area contributed by atoms with Gasteiger partial charge in [0.05, 0.1) is 18.1 Å². The number of imidazole rings is 1. The molecule has 1 aliphatic rings. The number of alkyl halides is 3. The quantitative estimate of drug-likeness (QED) is 0.662. The van der Waals surface area contributed by atoms with Crippen molar-refractivity contribution in [3.8, 4) is 16.9 Å². The third kappa shape index (κ3) is 2.85. The van der Waals surface area contributed by atoms with Crippen molar-refractivity contribution in [1.29, 1.82) is 0 Å². The number of carbonyl (C=O) groups is 2. The highest BCUT2D eigenvalue weighted by molar-refractivity contribution is 6.07. The number of rotatable bonds is 3. The van der Waals surface area contributed by atoms with E-state index in [-0.39, 0.29) is 17.0 Å². The van der Waals surface area contributed by atoms with Gasteiger partial charge in [-0.15, -0.1) is 0 Å². The first-order valence-electron chi connectivity index (χ1n) is 9.35. The molecule has 0 spiro atoms. The molecule has 2 heterocycles. The highest BCUT2D eigenvalue weighted by Gasteiger charge is 2.67. The maximum Gasteiger partial charge on any atom is 0.440 e. The molecule has 1 aliphatic heterocycles. The van der Waals surface area contributed by atoms with Gasteiger partial charge in [-0.05, 0) is 48.7 Å². The van der Waals surface area contributed by atoms with Crippen molar-refractivity contribution in [1.82, 2.24) is 14.9 Å². The second-order valence-corrected chi connectivity index (χ2v) is 7.40. The second-order valence-electron chi connectivity index (χ2n) is 7.40. The van der Waals surface area contributed by atoms with Crippen LogP contribution < -0.4 is 15.4 Å². The van der Waals surface area contributed by atoms with Crippen molar-refractivity contribution in [2.24, 2.45) is 0 Å². The predicted octanol–water partition coefficient (Wildman–Crippen LogP) is 3.63. The molecule has 0 radical (unpaired) electrons. The molecule has 0 saturated heterocycles. The highest BCUT2D eigenvalue weighted by atomic mass is 19.4. The van der Waals surface area contributed by atoms with E-state index in [4.69, 9.17) is 4.74 Å². The predicted molar refractivity (Wildman–Crippen MR) is 108 cm³/mol. The number of aryl methyl sites for hydroxylation is 1. The average Bonchev–Trinajstić information content (AvgIpc) is 3.16. The van der Waals surface area contributed by atoms with E-state index in [1.54, 1.807) is 31.2 Å². The summed E-state index contributed by atoms with van der Waals surface area (Å²) >= 11 is 0. The molecule has 162 valence electrons. The van der Waals surface area contributed by atoms with Crippen LogP contribution in [0.1, 0.15) is 18.1 Å². The second kappa shape index (κ2) is 6.73.